The normalized spacial score (nSPS) is 19.5. The minimum Gasteiger partial charge on any atom is -0.301 e. The van der Waals surface area contributed by atoms with Gasteiger partial charge in [-0.3, -0.25) is 0 Å². The molecule has 1 heterocycles. The van der Waals surface area contributed by atoms with E-state index >= 15 is 0 Å². The molecule has 1 aliphatic rings. The number of piperazine rings is 1. The third-order valence-corrected chi connectivity index (χ3v) is 5.38. The standard InChI is InChI=1S/C20H42N2/c1-6-19(12-13-20(3,4)5)11-9-8-10-14-22-17-15-21(7-2)16-18-22/h19H,6-18H2,1-5H3/t19-/m0/s1. The highest BCUT2D eigenvalue weighted by atomic mass is 15.3. The number of rotatable bonds is 10. The predicted molar refractivity (Wildman–Crippen MR) is 99.5 cm³/mol. The Morgan fingerprint density at radius 3 is 2.00 bits per heavy atom. The van der Waals surface area contributed by atoms with Crippen LogP contribution in [0.1, 0.15) is 79.6 Å². The van der Waals surface area contributed by atoms with Crippen LogP contribution in [-0.4, -0.2) is 49.1 Å². The molecule has 0 aliphatic carbocycles. The van der Waals surface area contributed by atoms with E-state index in [0.29, 0.717) is 5.41 Å². The Balaban J connectivity index is 2.02. The molecule has 22 heavy (non-hydrogen) atoms. The van der Waals surface area contributed by atoms with Crippen molar-refractivity contribution in [3.05, 3.63) is 0 Å². The first-order valence-corrected chi connectivity index (χ1v) is 9.89. The first kappa shape index (κ1) is 20.0. The minimum atomic E-state index is 0.508. The molecule has 0 saturated carbocycles. The van der Waals surface area contributed by atoms with E-state index in [9.17, 15) is 0 Å². The Morgan fingerprint density at radius 1 is 0.818 bits per heavy atom. The van der Waals surface area contributed by atoms with Gasteiger partial charge in [0.25, 0.3) is 0 Å². The topological polar surface area (TPSA) is 6.48 Å². The molecular weight excluding hydrogens is 268 g/mol. The Bertz CT molecular complexity index is 261. The molecule has 1 fully saturated rings. The molecule has 0 amide bonds. The molecule has 0 bridgehead atoms. The lowest BCUT2D eigenvalue weighted by Crippen LogP contribution is -2.46. The molecule has 0 aromatic heterocycles. The third kappa shape index (κ3) is 9.15. The van der Waals surface area contributed by atoms with Gasteiger partial charge in [0.2, 0.25) is 0 Å². The van der Waals surface area contributed by atoms with Crippen LogP contribution in [0, 0.1) is 11.3 Å². The van der Waals surface area contributed by atoms with Gasteiger partial charge in [0.1, 0.15) is 0 Å². The molecule has 132 valence electrons. The summed E-state index contributed by atoms with van der Waals surface area (Å²) in [6.07, 6.45) is 9.91. The van der Waals surface area contributed by atoms with Gasteiger partial charge in [0.15, 0.2) is 0 Å². The lowest BCUT2D eigenvalue weighted by molar-refractivity contribution is 0.135. The highest BCUT2D eigenvalue weighted by Gasteiger charge is 2.15. The number of hydrogen-bond donors (Lipinski definition) is 0. The molecule has 0 N–H and O–H groups in total. The van der Waals surface area contributed by atoms with Crippen molar-refractivity contribution >= 4 is 0 Å². The zero-order chi connectivity index (χ0) is 16.4. The van der Waals surface area contributed by atoms with Crippen molar-refractivity contribution in [2.75, 3.05) is 39.3 Å². The molecule has 2 nitrogen and oxygen atoms in total. The fourth-order valence-corrected chi connectivity index (χ4v) is 3.46. The second-order valence-electron chi connectivity index (χ2n) is 8.50. The second kappa shape index (κ2) is 10.6. The summed E-state index contributed by atoms with van der Waals surface area (Å²) in [6, 6.07) is 0. The van der Waals surface area contributed by atoms with Crippen LogP contribution in [-0.2, 0) is 0 Å². The zero-order valence-electron chi connectivity index (χ0n) is 16.2. The maximum atomic E-state index is 2.67. The number of likely N-dealkylation sites (N-methyl/N-ethyl adjacent to an activating group) is 1. The van der Waals surface area contributed by atoms with Crippen LogP contribution in [0.5, 0.6) is 0 Å². The summed E-state index contributed by atoms with van der Waals surface area (Å²) in [6.45, 7) is 19.5. The van der Waals surface area contributed by atoms with Crippen LogP contribution < -0.4 is 0 Å². The van der Waals surface area contributed by atoms with Crippen molar-refractivity contribution in [2.24, 2.45) is 11.3 Å². The van der Waals surface area contributed by atoms with E-state index in [2.05, 4.69) is 44.4 Å². The van der Waals surface area contributed by atoms with E-state index in [0.717, 1.165) is 5.92 Å². The van der Waals surface area contributed by atoms with Gasteiger partial charge in [-0.05, 0) is 43.7 Å². The summed E-state index contributed by atoms with van der Waals surface area (Å²) in [7, 11) is 0. The van der Waals surface area contributed by atoms with E-state index in [1.807, 2.05) is 0 Å². The first-order chi connectivity index (χ1) is 10.4. The van der Waals surface area contributed by atoms with Gasteiger partial charge in [0.05, 0.1) is 0 Å². The highest BCUT2D eigenvalue weighted by Crippen LogP contribution is 2.27. The maximum absolute atomic E-state index is 2.67. The quantitative estimate of drug-likeness (QED) is 0.522. The molecule has 1 aliphatic heterocycles. The predicted octanol–water partition coefficient (Wildman–Crippen LogP) is 5.04. The number of nitrogens with zero attached hydrogens (tertiary/aromatic N) is 2. The van der Waals surface area contributed by atoms with Crippen LogP contribution in [0.3, 0.4) is 0 Å². The molecular formula is C20H42N2. The average molecular weight is 311 g/mol. The average Bonchev–Trinajstić information content (AvgIpc) is 2.49. The van der Waals surface area contributed by atoms with Gasteiger partial charge < -0.3 is 9.80 Å². The van der Waals surface area contributed by atoms with Crippen molar-refractivity contribution in [3.63, 3.8) is 0 Å². The van der Waals surface area contributed by atoms with Crippen LogP contribution in [0.4, 0.5) is 0 Å². The van der Waals surface area contributed by atoms with Crippen molar-refractivity contribution in [1.82, 2.24) is 9.80 Å². The van der Waals surface area contributed by atoms with Crippen LogP contribution >= 0.6 is 0 Å². The Hall–Kier alpha value is -0.0800. The molecule has 2 heteroatoms. The first-order valence-electron chi connectivity index (χ1n) is 9.89. The minimum absolute atomic E-state index is 0.508. The lowest BCUT2D eigenvalue weighted by atomic mass is 9.84. The fraction of sp³-hybridized carbons (Fsp3) is 1.00. The smallest absolute Gasteiger partial charge is 0.0110 e. The zero-order valence-corrected chi connectivity index (χ0v) is 16.2. The van der Waals surface area contributed by atoms with Gasteiger partial charge in [-0.25, -0.2) is 0 Å². The largest absolute Gasteiger partial charge is 0.301 e. The summed E-state index contributed by atoms with van der Waals surface area (Å²) in [4.78, 5) is 5.24. The molecule has 0 spiro atoms. The van der Waals surface area contributed by atoms with E-state index in [-0.39, 0.29) is 0 Å². The van der Waals surface area contributed by atoms with E-state index in [1.165, 1.54) is 84.2 Å². The fourth-order valence-electron chi connectivity index (χ4n) is 3.46. The van der Waals surface area contributed by atoms with Gasteiger partial charge in [-0.1, -0.05) is 60.3 Å². The van der Waals surface area contributed by atoms with Gasteiger partial charge in [0, 0.05) is 26.2 Å². The summed E-state index contributed by atoms with van der Waals surface area (Å²) in [5, 5.41) is 0. The molecule has 0 aromatic rings. The SMILES string of the molecule is CC[C@@H](CCCCCN1CCN(CC)CC1)CCC(C)(C)C. The van der Waals surface area contributed by atoms with E-state index in [4.69, 9.17) is 0 Å². The molecule has 0 unspecified atom stereocenters. The van der Waals surface area contributed by atoms with Gasteiger partial charge >= 0.3 is 0 Å². The molecule has 0 aromatic carbocycles. The van der Waals surface area contributed by atoms with Crippen molar-refractivity contribution < 1.29 is 0 Å². The highest BCUT2D eigenvalue weighted by molar-refractivity contribution is 4.71. The van der Waals surface area contributed by atoms with E-state index < -0.39 is 0 Å². The molecule has 1 atom stereocenters. The summed E-state index contributed by atoms with van der Waals surface area (Å²) in [5.41, 5.74) is 0.508. The Labute approximate surface area is 140 Å². The maximum Gasteiger partial charge on any atom is 0.0110 e. The number of hydrogen-bond acceptors (Lipinski definition) is 2. The Morgan fingerprint density at radius 2 is 1.45 bits per heavy atom. The third-order valence-electron chi connectivity index (χ3n) is 5.38. The Kier molecular flexibility index (Phi) is 9.66. The molecule has 0 radical (unpaired) electrons. The van der Waals surface area contributed by atoms with Crippen LogP contribution in [0.2, 0.25) is 0 Å². The van der Waals surface area contributed by atoms with Crippen molar-refractivity contribution in [3.8, 4) is 0 Å². The van der Waals surface area contributed by atoms with E-state index in [1.54, 1.807) is 0 Å². The van der Waals surface area contributed by atoms with Crippen molar-refractivity contribution in [2.45, 2.75) is 79.6 Å². The van der Waals surface area contributed by atoms with Crippen molar-refractivity contribution in [1.29, 1.82) is 0 Å². The second-order valence-corrected chi connectivity index (χ2v) is 8.50. The molecule has 1 saturated heterocycles. The van der Waals surface area contributed by atoms with Gasteiger partial charge in [-0.2, -0.15) is 0 Å². The number of unbranched alkanes of at least 4 members (excludes halogenated alkanes) is 2. The van der Waals surface area contributed by atoms with Crippen LogP contribution in [0.25, 0.3) is 0 Å². The molecule has 1 rings (SSSR count). The summed E-state index contributed by atoms with van der Waals surface area (Å²) < 4.78 is 0. The monoisotopic (exact) mass is 310 g/mol. The van der Waals surface area contributed by atoms with Crippen LogP contribution in [0.15, 0.2) is 0 Å². The summed E-state index contributed by atoms with van der Waals surface area (Å²) in [5.74, 6) is 0.965. The summed E-state index contributed by atoms with van der Waals surface area (Å²) >= 11 is 0. The lowest BCUT2D eigenvalue weighted by Gasteiger charge is -2.34. The van der Waals surface area contributed by atoms with Gasteiger partial charge in [-0.15, -0.1) is 0 Å².